The first-order chi connectivity index (χ1) is 9.20. The number of benzene rings is 2. The Morgan fingerprint density at radius 1 is 0.895 bits per heavy atom. The zero-order valence-corrected chi connectivity index (χ0v) is 12.1. The monoisotopic (exact) mass is 253 g/mol. The summed E-state index contributed by atoms with van der Waals surface area (Å²) in [6.07, 6.45) is 1.10. The maximum absolute atomic E-state index is 3.72. The van der Waals surface area contributed by atoms with E-state index in [1.807, 2.05) is 0 Å². The van der Waals surface area contributed by atoms with Crippen LogP contribution in [0, 0.1) is 6.92 Å². The second-order valence-electron chi connectivity index (χ2n) is 5.17. The molecule has 1 N–H and O–H groups in total. The summed E-state index contributed by atoms with van der Waals surface area (Å²) in [4.78, 5) is 0. The van der Waals surface area contributed by atoms with Gasteiger partial charge in [-0.15, -0.1) is 0 Å². The summed E-state index contributed by atoms with van der Waals surface area (Å²) in [5, 5.41) is 3.72. The van der Waals surface area contributed by atoms with Gasteiger partial charge in [-0.2, -0.15) is 0 Å². The first kappa shape index (κ1) is 13.8. The third-order valence-electron chi connectivity index (χ3n) is 3.64. The molecule has 0 aromatic heterocycles. The summed E-state index contributed by atoms with van der Waals surface area (Å²) >= 11 is 0. The van der Waals surface area contributed by atoms with E-state index in [0.717, 1.165) is 6.42 Å². The minimum absolute atomic E-state index is 0.368. The van der Waals surface area contributed by atoms with Gasteiger partial charge in [-0.05, 0) is 31.4 Å². The summed E-state index contributed by atoms with van der Waals surface area (Å²) in [5.74, 6) is 0. The quantitative estimate of drug-likeness (QED) is 0.807. The Morgan fingerprint density at radius 3 is 2.11 bits per heavy atom. The van der Waals surface area contributed by atoms with E-state index in [1.165, 1.54) is 16.7 Å². The molecule has 0 saturated heterocycles. The third kappa shape index (κ3) is 3.68. The zero-order chi connectivity index (χ0) is 13.7. The van der Waals surface area contributed by atoms with E-state index >= 15 is 0 Å². The number of hydrogen-bond acceptors (Lipinski definition) is 1. The van der Waals surface area contributed by atoms with Crippen LogP contribution in [0.2, 0.25) is 0 Å². The van der Waals surface area contributed by atoms with E-state index in [0.29, 0.717) is 12.1 Å². The molecular formula is C18H23N. The van der Waals surface area contributed by atoms with Crippen LogP contribution in [0.5, 0.6) is 0 Å². The lowest BCUT2D eigenvalue weighted by atomic mass is 10.0. The molecule has 0 bridgehead atoms. The van der Waals surface area contributed by atoms with Crippen LogP contribution in [0.3, 0.4) is 0 Å². The van der Waals surface area contributed by atoms with Gasteiger partial charge in [0.1, 0.15) is 0 Å². The highest BCUT2D eigenvalue weighted by atomic mass is 14.9. The van der Waals surface area contributed by atoms with Crippen molar-refractivity contribution >= 4 is 0 Å². The smallest absolute Gasteiger partial charge is 0.0323 e. The fourth-order valence-corrected chi connectivity index (χ4v) is 2.39. The van der Waals surface area contributed by atoms with Crippen molar-refractivity contribution in [2.45, 2.75) is 39.3 Å². The molecule has 2 aromatic carbocycles. The van der Waals surface area contributed by atoms with Crippen molar-refractivity contribution in [1.29, 1.82) is 0 Å². The highest BCUT2D eigenvalue weighted by Gasteiger charge is 2.13. The fourth-order valence-electron chi connectivity index (χ4n) is 2.39. The molecule has 0 aliphatic heterocycles. The number of aryl methyl sites for hydroxylation is 1. The first-order valence-corrected chi connectivity index (χ1v) is 7.08. The Kier molecular flexibility index (Phi) is 4.75. The predicted octanol–water partition coefficient (Wildman–Crippen LogP) is 4.80. The second-order valence-corrected chi connectivity index (χ2v) is 5.17. The van der Waals surface area contributed by atoms with E-state index in [2.05, 4.69) is 80.7 Å². The summed E-state index contributed by atoms with van der Waals surface area (Å²) in [6, 6.07) is 20.2. The van der Waals surface area contributed by atoms with E-state index in [-0.39, 0.29) is 0 Å². The highest BCUT2D eigenvalue weighted by molar-refractivity contribution is 5.25. The van der Waals surface area contributed by atoms with Gasteiger partial charge in [0, 0.05) is 12.1 Å². The van der Waals surface area contributed by atoms with E-state index in [4.69, 9.17) is 0 Å². The van der Waals surface area contributed by atoms with E-state index in [1.54, 1.807) is 0 Å². The van der Waals surface area contributed by atoms with Crippen LogP contribution in [0.1, 0.15) is 49.0 Å². The third-order valence-corrected chi connectivity index (χ3v) is 3.64. The molecule has 0 heterocycles. The summed E-state index contributed by atoms with van der Waals surface area (Å²) < 4.78 is 0. The lowest BCUT2D eigenvalue weighted by molar-refractivity contribution is 0.456. The average Bonchev–Trinajstić information content (AvgIpc) is 2.46. The summed E-state index contributed by atoms with van der Waals surface area (Å²) in [7, 11) is 0. The molecule has 0 aliphatic rings. The highest BCUT2D eigenvalue weighted by Crippen LogP contribution is 2.22. The van der Waals surface area contributed by atoms with Crippen LogP contribution in [0.4, 0.5) is 0 Å². The summed E-state index contributed by atoms with van der Waals surface area (Å²) in [5.41, 5.74) is 4.03. The van der Waals surface area contributed by atoms with Gasteiger partial charge < -0.3 is 5.32 Å². The second kappa shape index (κ2) is 6.53. The van der Waals surface area contributed by atoms with Crippen LogP contribution in [0.15, 0.2) is 54.6 Å². The minimum atomic E-state index is 0.368. The van der Waals surface area contributed by atoms with Crippen LogP contribution < -0.4 is 5.32 Å². The van der Waals surface area contributed by atoms with Gasteiger partial charge in [-0.3, -0.25) is 0 Å². The molecule has 1 unspecified atom stereocenters. The molecule has 0 spiro atoms. The van der Waals surface area contributed by atoms with Gasteiger partial charge in [0.05, 0.1) is 0 Å². The van der Waals surface area contributed by atoms with Crippen LogP contribution in [-0.2, 0) is 0 Å². The van der Waals surface area contributed by atoms with Gasteiger partial charge in [-0.1, -0.05) is 67.1 Å². The minimum Gasteiger partial charge on any atom is -0.303 e. The molecule has 1 heteroatoms. The molecule has 0 aliphatic carbocycles. The van der Waals surface area contributed by atoms with Gasteiger partial charge in [0.25, 0.3) is 0 Å². The fraction of sp³-hybridized carbons (Fsp3) is 0.333. The Morgan fingerprint density at radius 2 is 1.53 bits per heavy atom. The lowest BCUT2D eigenvalue weighted by Crippen LogP contribution is -2.24. The van der Waals surface area contributed by atoms with Crippen molar-refractivity contribution in [3.63, 3.8) is 0 Å². The van der Waals surface area contributed by atoms with Crippen LogP contribution >= 0.6 is 0 Å². The lowest BCUT2D eigenvalue weighted by Gasteiger charge is -2.23. The molecule has 0 amide bonds. The van der Waals surface area contributed by atoms with Crippen molar-refractivity contribution < 1.29 is 0 Å². The van der Waals surface area contributed by atoms with Gasteiger partial charge in [0.2, 0.25) is 0 Å². The zero-order valence-electron chi connectivity index (χ0n) is 12.1. The maximum atomic E-state index is 3.72. The standard InChI is InChI=1S/C18H23N/c1-4-18(17-12-10-14(2)11-13-17)19-15(3)16-8-6-5-7-9-16/h5-13,15,18-19H,4H2,1-3H3/t15-,18?/m1/s1. The van der Waals surface area contributed by atoms with Crippen molar-refractivity contribution in [3.8, 4) is 0 Å². The van der Waals surface area contributed by atoms with Gasteiger partial charge in [0.15, 0.2) is 0 Å². The first-order valence-electron chi connectivity index (χ1n) is 7.08. The average molecular weight is 253 g/mol. The SMILES string of the molecule is CCC(N[C@H](C)c1ccccc1)c1ccc(C)cc1. The number of hydrogen-bond donors (Lipinski definition) is 1. The predicted molar refractivity (Wildman–Crippen MR) is 82.2 cm³/mol. The normalized spacial score (nSPS) is 14.1. The van der Waals surface area contributed by atoms with Crippen molar-refractivity contribution in [2.24, 2.45) is 0 Å². The van der Waals surface area contributed by atoms with Gasteiger partial charge >= 0.3 is 0 Å². The largest absolute Gasteiger partial charge is 0.303 e. The Balaban J connectivity index is 2.09. The van der Waals surface area contributed by atoms with E-state index < -0.39 is 0 Å². The Hall–Kier alpha value is -1.60. The number of rotatable bonds is 5. The molecule has 0 radical (unpaired) electrons. The molecule has 2 atom stereocenters. The molecule has 100 valence electrons. The molecule has 2 rings (SSSR count). The molecule has 2 aromatic rings. The molecule has 0 saturated carbocycles. The van der Waals surface area contributed by atoms with Crippen LogP contribution in [0.25, 0.3) is 0 Å². The van der Waals surface area contributed by atoms with Crippen LogP contribution in [-0.4, -0.2) is 0 Å². The number of nitrogens with one attached hydrogen (secondary N) is 1. The van der Waals surface area contributed by atoms with Crippen molar-refractivity contribution in [3.05, 3.63) is 71.3 Å². The maximum Gasteiger partial charge on any atom is 0.0323 e. The topological polar surface area (TPSA) is 12.0 Å². The van der Waals surface area contributed by atoms with E-state index in [9.17, 15) is 0 Å². The van der Waals surface area contributed by atoms with Crippen molar-refractivity contribution in [2.75, 3.05) is 0 Å². The molecule has 1 nitrogen and oxygen atoms in total. The summed E-state index contributed by atoms with van der Waals surface area (Å²) in [6.45, 7) is 6.59. The van der Waals surface area contributed by atoms with Gasteiger partial charge in [-0.25, -0.2) is 0 Å². The Bertz CT molecular complexity index is 487. The molecular weight excluding hydrogens is 230 g/mol. The van der Waals surface area contributed by atoms with Crippen molar-refractivity contribution in [1.82, 2.24) is 5.32 Å². The molecule has 19 heavy (non-hydrogen) atoms. The Labute approximate surface area is 116 Å². The molecule has 0 fully saturated rings.